The van der Waals surface area contributed by atoms with Crippen LogP contribution in [0.3, 0.4) is 0 Å². The monoisotopic (exact) mass is 285 g/mol. The van der Waals surface area contributed by atoms with Crippen molar-refractivity contribution in [2.45, 2.75) is 6.92 Å². The largest absolute Gasteiger partial charge is 0.495 e. The minimum absolute atomic E-state index is 0.694. The van der Waals surface area contributed by atoms with Crippen molar-refractivity contribution in [3.63, 3.8) is 0 Å². The molecule has 0 fully saturated rings. The number of rotatable bonds is 3. The molecule has 0 aliphatic rings. The molecule has 1 N–H and O–H groups in total. The molecule has 0 atom stereocenters. The summed E-state index contributed by atoms with van der Waals surface area (Å²) in [4.78, 5) is 10.3. The van der Waals surface area contributed by atoms with Crippen molar-refractivity contribution in [2.24, 2.45) is 0 Å². The lowest BCUT2D eigenvalue weighted by atomic mass is 10.1. The average Bonchev–Trinajstić information content (AvgIpc) is 2.94. The zero-order chi connectivity index (χ0) is 14.1. The van der Waals surface area contributed by atoms with Crippen molar-refractivity contribution in [1.82, 2.24) is 9.97 Å². The van der Waals surface area contributed by atoms with Gasteiger partial charge in [0.1, 0.15) is 16.4 Å². The first-order valence-electron chi connectivity index (χ1n) is 6.31. The lowest BCUT2D eigenvalue weighted by molar-refractivity contribution is 0.418. The maximum atomic E-state index is 5.36. The molecular formula is C15H15N3OS. The molecule has 0 bridgehead atoms. The molecule has 20 heavy (non-hydrogen) atoms. The SMILES string of the molecule is CNc1nc(-c2sccc2OC)nc2cccc(C)c12. The number of ether oxygens (including phenoxy) is 1. The predicted octanol–water partition coefficient (Wildman–Crippen LogP) is 3.72. The van der Waals surface area contributed by atoms with Gasteiger partial charge in [-0.15, -0.1) is 11.3 Å². The van der Waals surface area contributed by atoms with Crippen molar-refractivity contribution in [2.75, 3.05) is 19.5 Å². The van der Waals surface area contributed by atoms with Gasteiger partial charge >= 0.3 is 0 Å². The van der Waals surface area contributed by atoms with Crippen molar-refractivity contribution in [3.8, 4) is 16.5 Å². The molecule has 0 aliphatic carbocycles. The van der Waals surface area contributed by atoms with Crippen LogP contribution in [0.4, 0.5) is 5.82 Å². The number of benzene rings is 1. The van der Waals surface area contributed by atoms with E-state index in [1.165, 1.54) is 0 Å². The van der Waals surface area contributed by atoms with Gasteiger partial charge in [0.15, 0.2) is 5.82 Å². The lowest BCUT2D eigenvalue weighted by Crippen LogP contribution is -1.99. The smallest absolute Gasteiger partial charge is 0.176 e. The Kier molecular flexibility index (Phi) is 3.28. The van der Waals surface area contributed by atoms with Crippen molar-refractivity contribution in [3.05, 3.63) is 35.2 Å². The van der Waals surface area contributed by atoms with Crippen LogP contribution in [0.2, 0.25) is 0 Å². The quantitative estimate of drug-likeness (QED) is 0.796. The summed E-state index contributed by atoms with van der Waals surface area (Å²) in [5, 5.41) is 6.21. The predicted molar refractivity (Wildman–Crippen MR) is 83.7 cm³/mol. The Morgan fingerprint density at radius 1 is 1.20 bits per heavy atom. The maximum absolute atomic E-state index is 5.36. The Labute approximate surface area is 121 Å². The second-order valence-corrected chi connectivity index (χ2v) is 5.35. The third-order valence-electron chi connectivity index (χ3n) is 3.22. The van der Waals surface area contributed by atoms with Gasteiger partial charge < -0.3 is 10.1 Å². The third kappa shape index (κ3) is 2.00. The van der Waals surface area contributed by atoms with Gasteiger partial charge in [-0.05, 0) is 30.0 Å². The van der Waals surface area contributed by atoms with Gasteiger partial charge in [0.25, 0.3) is 0 Å². The van der Waals surface area contributed by atoms with Crippen LogP contribution >= 0.6 is 11.3 Å². The highest BCUT2D eigenvalue weighted by Gasteiger charge is 2.14. The number of hydrogen-bond acceptors (Lipinski definition) is 5. The topological polar surface area (TPSA) is 47.0 Å². The Balaban J connectivity index is 2.29. The van der Waals surface area contributed by atoms with E-state index in [0.717, 1.165) is 32.9 Å². The summed E-state index contributed by atoms with van der Waals surface area (Å²) >= 11 is 1.58. The van der Waals surface area contributed by atoms with Crippen molar-refractivity contribution in [1.29, 1.82) is 0 Å². The van der Waals surface area contributed by atoms with Gasteiger partial charge in [-0.1, -0.05) is 12.1 Å². The van der Waals surface area contributed by atoms with E-state index in [1.807, 2.05) is 30.6 Å². The highest BCUT2D eigenvalue weighted by molar-refractivity contribution is 7.13. The van der Waals surface area contributed by atoms with E-state index in [9.17, 15) is 0 Å². The molecular weight excluding hydrogens is 270 g/mol. The molecule has 3 rings (SSSR count). The Morgan fingerprint density at radius 3 is 2.80 bits per heavy atom. The highest BCUT2D eigenvalue weighted by Crippen LogP contribution is 2.35. The number of aryl methyl sites for hydroxylation is 1. The summed E-state index contributed by atoms with van der Waals surface area (Å²) in [7, 11) is 3.54. The van der Waals surface area contributed by atoms with E-state index >= 15 is 0 Å². The minimum atomic E-state index is 0.694. The van der Waals surface area contributed by atoms with E-state index in [4.69, 9.17) is 4.74 Å². The minimum Gasteiger partial charge on any atom is -0.495 e. The van der Waals surface area contributed by atoms with Crippen LogP contribution in [0.1, 0.15) is 5.56 Å². The Morgan fingerprint density at radius 2 is 2.05 bits per heavy atom. The number of thiophene rings is 1. The van der Waals surface area contributed by atoms with E-state index < -0.39 is 0 Å². The van der Waals surface area contributed by atoms with Gasteiger partial charge in [-0.2, -0.15) is 0 Å². The highest BCUT2D eigenvalue weighted by atomic mass is 32.1. The van der Waals surface area contributed by atoms with Crippen LogP contribution in [-0.2, 0) is 0 Å². The summed E-state index contributed by atoms with van der Waals surface area (Å²) in [5.74, 6) is 2.35. The molecule has 0 aliphatic heterocycles. The number of hydrogen-bond donors (Lipinski definition) is 1. The number of nitrogens with one attached hydrogen (secondary N) is 1. The van der Waals surface area contributed by atoms with Crippen LogP contribution in [0.25, 0.3) is 21.6 Å². The zero-order valence-electron chi connectivity index (χ0n) is 11.6. The van der Waals surface area contributed by atoms with Crippen LogP contribution in [0.15, 0.2) is 29.6 Å². The fourth-order valence-electron chi connectivity index (χ4n) is 2.26. The average molecular weight is 285 g/mol. The molecule has 0 radical (unpaired) electrons. The molecule has 3 aromatic rings. The van der Waals surface area contributed by atoms with Gasteiger partial charge in [-0.25, -0.2) is 9.97 Å². The fraction of sp³-hybridized carbons (Fsp3) is 0.200. The molecule has 0 saturated heterocycles. The molecule has 1 aromatic carbocycles. The number of aromatic nitrogens is 2. The van der Waals surface area contributed by atoms with Gasteiger partial charge in [0, 0.05) is 12.4 Å². The third-order valence-corrected chi connectivity index (χ3v) is 4.11. The molecule has 102 valence electrons. The second kappa shape index (κ2) is 5.09. The second-order valence-electron chi connectivity index (χ2n) is 4.43. The van der Waals surface area contributed by atoms with Crippen LogP contribution in [0.5, 0.6) is 5.75 Å². The molecule has 2 aromatic heterocycles. The molecule has 4 nitrogen and oxygen atoms in total. The number of methoxy groups -OCH3 is 1. The van der Waals surface area contributed by atoms with Gasteiger partial charge in [-0.3, -0.25) is 0 Å². The number of nitrogens with zero attached hydrogens (tertiary/aromatic N) is 2. The van der Waals surface area contributed by atoms with Crippen LogP contribution < -0.4 is 10.1 Å². The summed E-state index contributed by atoms with van der Waals surface area (Å²) in [6, 6.07) is 8.02. The molecule has 0 spiro atoms. The first kappa shape index (κ1) is 12.9. The maximum Gasteiger partial charge on any atom is 0.176 e. The fourth-order valence-corrected chi connectivity index (χ4v) is 3.05. The lowest BCUT2D eigenvalue weighted by Gasteiger charge is -2.10. The van der Waals surface area contributed by atoms with Crippen LogP contribution in [-0.4, -0.2) is 24.1 Å². The van der Waals surface area contributed by atoms with Crippen molar-refractivity contribution < 1.29 is 4.74 Å². The molecule has 2 heterocycles. The summed E-state index contributed by atoms with van der Waals surface area (Å²) < 4.78 is 5.36. The summed E-state index contributed by atoms with van der Waals surface area (Å²) in [6.45, 7) is 2.07. The Bertz CT molecular complexity index is 767. The molecule has 0 saturated carbocycles. The standard InChI is InChI=1S/C15H15N3OS/c1-9-5-4-6-10-12(9)14(16-2)18-15(17-10)13-11(19-3)7-8-20-13/h4-8H,1-3H3,(H,16,17,18). The van der Waals surface area contributed by atoms with E-state index in [1.54, 1.807) is 18.4 Å². The molecule has 0 amide bonds. The number of fused-ring (bicyclic) bond motifs is 1. The first-order chi connectivity index (χ1) is 9.74. The van der Waals surface area contributed by atoms with E-state index in [0.29, 0.717) is 5.82 Å². The molecule has 5 heteroatoms. The Hall–Kier alpha value is -2.14. The summed E-state index contributed by atoms with van der Waals surface area (Å²) in [6.07, 6.45) is 0. The first-order valence-corrected chi connectivity index (χ1v) is 7.19. The zero-order valence-corrected chi connectivity index (χ0v) is 12.4. The summed E-state index contributed by atoms with van der Waals surface area (Å²) in [5.41, 5.74) is 2.10. The normalized spacial score (nSPS) is 10.8. The van der Waals surface area contributed by atoms with Crippen molar-refractivity contribution >= 4 is 28.1 Å². The molecule has 0 unspecified atom stereocenters. The van der Waals surface area contributed by atoms with E-state index in [2.05, 4.69) is 28.3 Å². The van der Waals surface area contributed by atoms with E-state index in [-0.39, 0.29) is 0 Å². The van der Waals surface area contributed by atoms with Gasteiger partial charge in [0.05, 0.1) is 12.6 Å². The van der Waals surface area contributed by atoms with Crippen LogP contribution in [0, 0.1) is 6.92 Å². The number of anilines is 1. The van der Waals surface area contributed by atoms with Gasteiger partial charge in [0.2, 0.25) is 0 Å².